The van der Waals surface area contributed by atoms with Crippen LogP contribution in [0, 0.1) is 17.1 Å². The predicted octanol–water partition coefficient (Wildman–Crippen LogP) is 2.02. The minimum Gasteiger partial charge on any atom is -0.489 e. The van der Waals surface area contributed by atoms with Crippen molar-refractivity contribution in [1.82, 2.24) is 14.9 Å². The van der Waals surface area contributed by atoms with Crippen molar-refractivity contribution in [3.8, 4) is 11.8 Å². The van der Waals surface area contributed by atoms with Gasteiger partial charge in [-0.3, -0.25) is 4.90 Å². The number of fused-ring (bicyclic) bond motifs is 1. The Bertz CT molecular complexity index is 924. The van der Waals surface area contributed by atoms with Crippen LogP contribution in [0.2, 0.25) is 0 Å². The van der Waals surface area contributed by atoms with E-state index >= 15 is 0 Å². The molecular weight excluding hydrogens is 363 g/mol. The molecule has 1 aromatic heterocycles. The molecule has 2 aromatic rings. The quantitative estimate of drug-likeness (QED) is 0.750. The number of nitrogens with zero attached hydrogens (tertiary/aromatic N) is 6. The smallest absolute Gasteiger partial charge is 0.325 e. The van der Waals surface area contributed by atoms with Gasteiger partial charge in [0.25, 0.3) is 0 Å². The molecule has 1 fully saturated rings. The number of piperazine rings is 1. The summed E-state index contributed by atoms with van der Waals surface area (Å²) in [6.45, 7) is 4.40. The highest BCUT2D eigenvalue weighted by atomic mass is 19.1. The van der Waals surface area contributed by atoms with Gasteiger partial charge in [-0.15, -0.1) is 0 Å². The van der Waals surface area contributed by atoms with E-state index in [1.54, 1.807) is 28.3 Å². The van der Waals surface area contributed by atoms with Gasteiger partial charge in [0, 0.05) is 44.6 Å². The highest BCUT2D eigenvalue weighted by molar-refractivity contribution is 5.95. The summed E-state index contributed by atoms with van der Waals surface area (Å²) in [5.41, 5.74) is 0.316. The maximum absolute atomic E-state index is 13.9. The molecule has 4 rings (SSSR count). The minimum atomic E-state index is -0.653. The van der Waals surface area contributed by atoms with E-state index in [0.717, 1.165) is 0 Å². The molecule has 9 heteroatoms. The SMILES string of the molecule is CC1COc2cc(F)c(C#N)cc2N1C(=O)N1CCN(c2ncccn2)CC1. The molecule has 2 amide bonds. The lowest BCUT2D eigenvalue weighted by atomic mass is 10.1. The summed E-state index contributed by atoms with van der Waals surface area (Å²) in [4.78, 5) is 27.1. The fraction of sp³-hybridized carbons (Fsp3) is 0.368. The molecule has 1 saturated heterocycles. The summed E-state index contributed by atoms with van der Waals surface area (Å²) < 4.78 is 19.5. The molecule has 0 N–H and O–H groups in total. The van der Waals surface area contributed by atoms with Crippen molar-refractivity contribution in [1.29, 1.82) is 5.26 Å². The summed E-state index contributed by atoms with van der Waals surface area (Å²) in [7, 11) is 0. The van der Waals surface area contributed by atoms with Gasteiger partial charge in [0.05, 0.1) is 17.3 Å². The Balaban J connectivity index is 1.54. The predicted molar refractivity (Wildman–Crippen MR) is 99.8 cm³/mol. The van der Waals surface area contributed by atoms with Crippen molar-refractivity contribution in [3.63, 3.8) is 0 Å². The van der Waals surface area contributed by atoms with Crippen LogP contribution in [0.5, 0.6) is 5.75 Å². The lowest BCUT2D eigenvalue weighted by molar-refractivity contribution is 0.190. The van der Waals surface area contributed by atoms with Gasteiger partial charge in [0.2, 0.25) is 5.95 Å². The number of benzene rings is 1. The molecule has 144 valence electrons. The zero-order valence-corrected chi connectivity index (χ0v) is 15.4. The lowest BCUT2D eigenvalue weighted by Crippen LogP contribution is -2.56. The van der Waals surface area contributed by atoms with Crippen LogP contribution in [-0.4, -0.2) is 59.7 Å². The molecule has 28 heavy (non-hydrogen) atoms. The Kier molecular flexibility index (Phi) is 4.69. The number of hydrogen-bond acceptors (Lipinski definition) is 6. The number of anilines is 2. The van der Waals surface area contributed by atoms with E-state index in [1.807, 2.05) is 17.9 Å². The van der Waals surface area contributed by atoms with Crippen molar-refractivity contribution in [2.24, 2.45) is 0 Å². The van der Waals surface area contributed by atoms with E-state index in [4.69, 9.17) is 10.00 Å². The van der Waals surface area contributed by atoms with Gasteiger partial charge >= 0.3 is 6.03 Å². The van der Waals surface area contributed by atoms with E-state index in [2.05, 4.69) is 9.97 Å². The first-order valence-corrected chi connectivity index (χ1v) is 9.05. The lowest BCUT2D eigenvalue weighted by Gasteiger charge is -2.41. The van der Waals surface area contributed by atoms with Crippen LogP contribution in [0.25, 0.3) is 0 Å². The van der Waals surface area contributed by atoms with Gasteiger partial charge in [0.15, 0.2) is 0 Å². The van der Waals surface area contributed by atoms with Crippen LogP contribution >= 0.6 is 0 Å². The van der Waals surface area contributed by atoms with Crippen LogP contribution < -0.4 is 14.5 Å². The van der Waals surface area contributed by atoms with Crippen molar-refractivity contribution >= 4 is 17.7 Å². The van der Waals surface area contributed by atoms with Gasteiger partial charge in [-0.25, -0.2) is 19.2 Å². The van der Waals surface area contributed by atoms with Crippen LogP contribution in [0.4, 0.5) is 20.8 Å². The maximum atomic E-state index is 13.9. The third-order valence-electron chi connectivity index (χ3n) is 4.94. The van der Waals surface area contributed by atoms with Gasteiger partial charge in [0.1, 0.15) is 24.2 Å². The number of hydrogen-bond donors (Lipinski definition) is 0. The summed E-state index contributed by atoms with van der Waals surface area (Å²) in [6.07, 6.45) is 3.39. The maximum Gasteiger partial charge on any atom is 0.325 e. The molecule has 3 heterocycles. The van der Waals surface area contributed by atoms with Crippen LogP contribution in [0.3, 0.4) is 0 Å². The normalized spacial score (nSPS) is 18.9. The Morgan fingerprint density at radius 3 is 2.64 bits per heavy atom. The molecule has 0 radical (unpaired) electrons. The van der Waals surface area contributed by atoms with Crippen molar-refractivity contribution in [2.75, 3.05) is 42.6 Å². The first-order valence-electron chi connectivity index (χ1n) is 9.05. The third kappa shape index (κ3) is 3.17. The number of aromatic nitrogens is 2. The Labute approximate surface area is 161 Å². The number of amides is 2. The monoisotopic (exact) mass is 382 g/mol. The number of halogens is 1. The summed E-state index contributed by atoms with van der Waals surface area (Å²) in [5.74, 6) is 0.271. The molecule has 2 aliphatic rings. The second-order valence-electron chi connectivity index (χ2n) is 6.75. The van der Waals surface area contributed by atoms with Crippen molar-refractivity contribution < 1.29 is 13.9 Å². The largest absolute Gasteiger partial charge is 0.489 e. The van der Waals surface area contributed by atoms with Crippen LogP contribution in [-0.2, 0) is 0 Å². The second kappa shape index (κ2) is 7.31. The number of carbonyl (C=O) groups excluding carboxylic acids is 1. The fourth-order valence-corrected chi connectivity index (χ4v) is 3.45. The Morgan fingerprint density at radius 2 is 1.96 bits per heavy atom. The molecule has 0 aliphatic carbocycles. The molecule has 1 atom stereocenters. The Hall–Kier alpha value is -3.41. The zero-order chi connectivity index (χ0) is 19.7. The molecule has 1 aromatic carbocycles. The van der Waals surface area contributed by atoms with E-state index in [9.17, 15) is 9.18 Å². The van der Waals surface area contributed by atoms with Crippen molar-refractivity contribution in [2.45, 2.75) is 13.0 Å². The number of carbonyl (C=O) groups is 1. The van der Waals surface area contributed by atoms with E-state index in [0.29, 0.717) is 37.8 Å². The molecular formula is C19H19FN6O2. The number of ether oxygens (including phenoxy) is 1. The molecule has 0 saturated carbocycles. The second-order valence-corrected chi connectivity index (χ2v) is 6.75. The molecule has 0 spiro atoms. The first-order chi connectivity index (χ1) is 13.6. The molecule has 1 unspecified atom stereocenters. The van der Waals surface area contributed by atoms with Gasteiger partial charge in [-0.05, 0) is 19.1 Å². The number of urea groups is 1. The Morgan fingerprint density at radius 1 is 1.25 bits per heavy atom. The average molecular weight is 382 g/mol. The van der Waals surface area contributed by atoms with Crippen molar-refractivity contribution in [3.05, 3.63) is 42.0 Å². The zero-order valence-electron chi connectivity index (χ0n) is 15.4. The van der Waals surface area contributed by atoms with E-state index < -0.39 is 5.82 Å². The summed E-state index contributed by atoms with van der Waals surface area (Å²) in [6, 6.07) is 5.73. The fourth-order valence-electron chi connectivity index (χ4n) is 3.45. The highest BCUT2D eigenvalue weighted by Crippen LogP contribution is 2.36. The summed E-state index contributed by atoms with van der Waals surface area (Å²) >= 11 is 0. The average Bonchev–Trinajstić information content (AvgIpc) is 2.74. The first kappa shape index (κ1) is 18.0. The third-order valence-corrected chi connectivity index (χ3v) is 4.94. The highest BCUT2D eigenvalue weighted by Gasteiger charge is 2.35. The molecule has 0 bridgehead atoms. The van der Waals surface area contributed by atoms with E-state index in [-0.39, 0.29) is 30.0 Å². The number of nitriles is 1. The molecule has 8 nitrogen and oxygen atoms in total. The number of rotatable bonds is 1. The standard InChI is InChI=1S/C19H19FN6O2/c1-13-12-28-17-10-15(20)14(11-21)9-16(17)26(13)19(27)25-7-5-24(6-8-25)18-22-3-2-4-23-18/h2-4,9-10,13H,5-8,12H2,1H3. The van der Waals surface area contributed by atoms with Gasteiger partial charge in [-0.1, -0.05) is 0 Å². The molecule has 2 aliphatic heterocycles. The van der Waals surface area contributed by atoms with Gasteiger partial charge < -0.3 is 14.5 Å². The minimum absolute atomic E-state index is 0.111. The van der Waals surface area contributed by atoms with Gasteiger partial charge in [-0.2, -0.15) is 5.26 Å². The van der Waals surface area contributed by atoms with Crippen LogP contribution in [0.15, 0.2) is 30.6 Å². The summed E-state index contributed by atoms with van der Waals surface area (Å²) in [5, 5.41) is 9.13. The van der Waals surface area contributed by atoms with Crippen LogP contribution in [0.1, 0.15) is 12.5 Å². The van der Waals surface area contributed by atoms with E-state index in [1.165, 1.54) is 12.1 Å². The topological polar surface area (TPSA) is 85.6 Å².